The van der Waals surface area contributed by atoms with E-state index in [1.807, 2.05) is 37.5 Å². The zero-order chi connectivity index (χ0) is 23.5. The third kappa shape index (κ3) is 4.06. The smallest absolute Gasteiger partial charge is 0.189 e. The molecule has 0 bridgehead atoms. The molecular formula is C26H27N7O. The number of hydrogen-bond donors (Lipinski definition) is 2. The summed E-state index contributed by atoms with van der Waals surface area (Å²) in [5.74, 6) is 0.736. The van der Waals surface area contributed by atoms with Gasteiger partial charge in [0, 0.05) is 36.5 Å². The summed E-state index contributed by atoms with van der Waals surface area (Å²) < 4.78 is 5.61. The van der Waals surface area contributed by atoms with Gasteiger partial charge in [-0.25, -0.2) is 9.97 Å². The molecule has 1 saturated carbocycles. The van der Waals surface area contributed by atoms with Gasteiger partial charge in [0.2, 0.25) is 0 Å². The lowest BCUT2D eigenvalue weighted by molar-refractivity contribution is 0.229. The van der Waals surface area contributed by atoms with Gasteiger partial charge in [-0.1, -0.05) is 41.6 Å². The minimum absolute atomic E-state index is 0.275. The number of rotatable bonds is 6. The number of nitriles is 1. The van der Waals surface area contributed by atoms with Gasteiger partial charge in [0.15, 0.2) is 17.3 Å². The molecule has 5 rings (SSSR count). The second kappa shape index (κ2) is 9.12. The average molecular weight is 454 g/mol. The number of nitrogens with two attached hydrogens (primary N) is 1. The molecule has 0 spiro atoms. The van der Waals surface area contributed by atoms with Crippen LogP contribution >= 0.6 is 0 Å². The van der Waals surface area contributed by atoms with E-state index in [2.05, 4.69) is 44.6 Å². The van der Waals surface area contributed by atoms with Gasteiger partial charge in [-0.2, -0.15) is 5.26 Å². The SMILES string of the molecule is CNCc1ccc(-c2cc(-c3nc(C4=CN(C5(C#N)CCCC5)CC=C4)cnc3N)on2)cc1. The van der Waals surface area contributed by atoms with Gasteiger partial charge in [-0.15, -0.1) is 0 Å². The predicted molar refractivity (Wildman–Crippen MR) is 131 cm³/mol. The quantitative estimate of drug-likeness (QED) is 0.572. The Morgan fingerprint density at radius 3 is 2.74 bits per heavy atom. The molecule has 1 aliphatic heterocycles. The van der Waals surface area contributed by atoms with Crippen molar-refractivity contribution >= 4 is 11.4 Å². The van der Waals surface area contributed by atoms with E-state index < -0.39 is 5.54 Å². The number of nitrogens with one attached hydrogen (secondary N) is 1. The molecule has 0 saturated heterocycles. The monoisotopic (exact) mass is 453 g/mol. The first-order valence-electron chi connectivity index (χ1n) is 11.5. The van der Waals surface area contributed by atoms with E-state index in [0.29, 0.717) is 29.4 Å². The minimum Gasteiger partial charge on any atom is -0.382 e. The maximum absolute atomic E-state index is 9.88. The zero-order valence-corrected chi connectivity index (χ0v) is 19.2. The molecule has 0 unspecified atom stereocenters. The summed E-state index contributed by atoms with van der Waals surface area (Å²) in [5, 5.41) is 17.2. The molecule has 2 aromatic heterocycles. The van der Waals surface area contributed by atoms with Crippen LogP contribution in [0, 0.1) is 11.3 Å². The second-order valence-electron chi connectivity index (χ2n) is 8.78. The van der Waals surface area contributed by atoms with Gasteiger partial charge in [0.1, 0.15) is 11.2 Å². The van der Waals surface area contributed by atoms with Crippen LogP contribution in [0.3, 0.4) is 0 Å². The maximum atomic E-state index is 9.88. The summed E-state index contributed by atoms with van der Waals surface area (Å²) in [6.07, 6.45) is 11.7. The predicted octanol–water partition coefficient (Wildman–Crippen LogP) is 4.15. The van der Waals surface area contributed by atoms with Crippen molar-refractivity contribution in [3.63, 3.8) is 0 Å². The summed E-state index contributed by atoms with van der Waals surface area (Å²) >= 11 is 0. The largest absolute Gasteiger partial charge is 0.382 e. The van der Waals surface area contributed by atoms with Crippen LogP contribution in [0.1, 0.15) is 36.9 Å². The van der Waals surface area contributed by atoms with Crippen molar-refractivity contribution in [1.82, 2.24) is 25.3 Å². The van der Waals surface area contributed by atoms with Crippen molar-refractivity contribution in [2.75, 3.05) is 19.3 Å². The van der Waals surface area contributed by atoms with Crippen LogP contribution in [-0.4, -0.2) is 39.2 Å². The van der Waals surface area contributed by atoms with Gasteiger partial charge in [-0.05, 0) is 38.3 Å². The molecule has 172 valence electrons. The summed E-state index contributed by atoms with van der Waals surface area (Å²) in [5.41, 5.74) is 10.6. The Morgan fingerprint density at radius 2 is 2.00 bits per heavy atom. The lowest BCUT2D eigenvalue weighted by Crippen LogP contribution is -2.43. The fraction of sp³-hybridized carbons (Fsp3) is 0.308. The highest BCUT2D eigenvalue weighted by atomic mass is 16.5. The van der Waals surface area contributed by atoms with Gasteiger partial charge in [0.25, 0.3) is 0 Å². The van der Waals surface area contributed by atoms with E-state index in [0.717, 1.165) is 43.4 Å². The van der Waals surface area contributed by atoms with Gasteiger partial charge in [-0.3, -0.25) is 0 Å². The molecule has 3 aromatic rings. The van der Waals surface area contributed by atoms with Crippen molar-refractivity contribution in [3.05, 3.63) is 66.1 Å². The minimum atomic E-state index is -0.442. The van der Waals surface area contributed by atoms with Crippen molar-refractivity contribution in [3.8, 4) is 28.8 Å². The Kier molecular flexibility index (Phi) is 5.86. The molecule has 1 aliphatic carbocycles. The first kappa shape index (κ1) is 21.9. The number of benzene rings is 1. The zero-order valence-electron chi connectivity index (χ0n) is 19.2. The Morgan fingerprint density at radius 1 is 1.21 bits per heavy atom. The molecule has 1 fully saturated rings. The first-order valence-corrected chi connectivity index (χ1v) is 11.5. The molecule has 3 heterocycles. The number of nitrogens with zero attached hydrogens (tertiary/aromatic N) is 5. The van der Waals surface area contributed by atoms with Crippen LogP contribution in [0.15, 0.2) is 59.4 Å². The van der Waals surface area contributed by atoms with Gasteiger partial charge < -0.3 is 20.5 Å². The van der Waals surface area contributed by atoms with Crippen molar-refractivity contribution in [1.29, 1.82) is 5.26 Å². The van der Waals surface area contributed by atoms with E-state index in [4.69, 9.17) is 15.2 Å². The third-order valence-corrected chi connectivity index (χ3v) is 6.55. The lowest BCUT2D eigenvalue weighted by Gasteiger charge is -2.36. The highest BCUT2D eigenvalue weighted by Crippen LogP contribution is 2.37. The highest BCUT2D eigenvalue weighted by molar-refractivity contribution is 5.76. The second-order valence-corrected chi connectivity index (χ2v) is 8.78. The van der Waals surface area contributed by atoms with E-state index in [-0.39, 0.29) is 5.82 Å². The molecule has 3 N–H and O–H groups in total. The Hall–Kier alpha value is -3.96. The number of allylic oxidation sites excluding steroid dienone is 2. The van der Waals surface area contributed by atoms with E-state index >= 15 is 0 Å². The normalized spacial score (nSPS) is 16.9. The van der Waals surface area contributed by atoms with Crippen LogP contribution < -0.4 is 11.1 Å². The van der Waals surface area contributed by atoms with E-state index in [9.17, 15) is 5.26 Å². The van der Waals surface area contributed by atoms with Crippen LogP contribution in [0.25, 0.3) is 28.3 Å². The van der Waals surface area contributed by atoms with Gasteiger partial charge >= 0.3 is 0 Å². The third-order valence-electron chi connectivity index (χ3n) is 6.55. The molecule has 2 aliphatic rings. The molecule has 8 heteroatoms. The standard InChI is InChI=1S/C26H27N7O/c1-29-14-18-6-8-19(9-7-18)21-13-23(34-32-21)24-25(28)30-15-22(31-24)20-5-4-12-33(16-20)26(17-27)10-2-3-11-26/h4-9,13,15-16,29H,2-3,10-12,14H2,1H3,(H2,28,30). The van der Waals surface area contributed by atoms with Crippen LogP contribution in [0.4, 0.5) is 5.82 Å². The molecule has 1 aromatic carbocycles. The number of anilines is 1. The molecule has 0 atom stereocenters. The number of nitrogen functional groups attached to an aromatic ring is 1. The topological polar surface area (TPSA) is 117 Å². The average Bonchev–Trinajstić information content (AvgIpc) is 3.56. The summed E-state index contributed by atoms with van der Waals surface area (Å²) in [6, 6.07) is 12.5. The van der Waals surface area contributed by atoms with Crippen LogP contribution in [0.5, 0.6) is 0 Å². The van der Waals surface area contributed by atoms with Crippen LogP contribution in [0.2, 0.25) is 0 Å². The maximum Gasteiger partial charge on any atom is 0.189 e. The van der Waals surface area contributed by atoms with Crippen molar-refractivity contribution in [2.45, 2.75) is 37.8 Å². The van der Waals surface area contributed by atoms with Crippen molar-refractivity contribution in [2.24, 2.45) is 0 Å². The fourth-order valence-corrected chi connectivity index (χ4v) is 4.67. The van der Waals surface area contributed by atoms with Gasteiger partial charge in [0.05, 0.1) is 18.0 Å². The van der Waals surface area contributed by atoms with Crippen LogP contribution in [-0.2, 0) is 6.54 Å². The molecule has 0 amide bonds. The van der Waals surface area contributed by atoms with E-state index in [1.165, 1.54) is 5.56 Å². The first-order chi connectivity index (χ1) is 16.6. The Balaban J connectivity index is 1.44. The number of hydrogen-bond acceptors (Lipinski definition) is 8. The fourth-order valence-electron chi connectivity index (χ4n) is 4.67. The van der Waals surface area contributed by atoms with E-state index in [1.54, 1.807) is 6.20 Å². The summed E-state index contributed by atoms with van der Waals surface area (Å²) in [6.45, 7) is 1.52. The summed E-state index contributed by atoms with van der Waals surface area (Å²) in [7, 11) is 1.92. The Bertz CT molecular complexity index is 1280. The Labute approximate surface area is 198 Å². The van der Waals surface area contributed by atoms with Crippen molar-refractivity contribution < 1.29 is 4.52 Å². The molecule has 0 radical (unpaired) electrons. The number of aromatic nitrogens is 3. The lowest BCUT2D eigenvalue weighted by atomic mass is 9.95. The highest BCUT2D eigenvalue weighted by Gasteiger charge is 2.39. The molecule has 8 nitrogen and oxygen atoms in total. The summed E-state index contributed by atoms with van der Waals surface area (Å²) in [4.78, 5) is 11.3. The molecular weight excluding hydrogens is 426 g/mol. The molecule has 34 heavy (non-hydrogen) atoms.